The Labute approximate surface area is 272 Å². The van der Waals surface area contributed by atoms with Crippen LogP contribution in [0, 0.1) is 0 Å². The van der Waals surface area contributed by atoms with Crippen LogP contribution < -0.4 is 4.74 Å². The van der Waals surface area contributed by atoms with E-state index in [0.29, 0.717) is 0 Å². The third-order valence-corrected chi connectivity index (χ3v) is 9.84. The van der Waals surface area contributed by atoms with Crippen LogP contribution in [0.4, 0.5) is 0 Å². The Hall–Kier alpha value is -6.18. The monoisotopic (exact) mass is 596 g/mol. The summed E-state index contributed by atoms with van der Waals surface area (Å²) in [6.45, 7) is 0. The Morgan fingerprint density at radius 3 is 1.74 bits per heavy atom. The van der Waals surface area contributed by atoms with E-state index in [2.05, 4.69) is 170 Å². The van der Waals surface area contributed by atoms with E-state index in [1.54, 1.807) is 0 Å². The van der Waals surface area contributed by atoms with Crippen LogP contribution in [-0.4, -0.2) is 0 Å². The van der Waals surface area contributed by atoms with Crippen molar-refractivity contribution in [2.75, 3.05) is 0 Å². The van der Waals surface area contributed by atoms with E-state index in [1.165, 1.54) is 82.0 Å². The standard InChI is InChI=1S/C46H28O/c1-3-12-29(13-4-1)33-20-11-22-35-34(33)25-26-39-43(36-18-7-8-19-37(36)45(46(35)39)31-14-5-2-6-15-31)32-24-27-41-40(28-32)38-21-9-16-30-17-10-23-42(47-41)44(30)38/h1-28H. The smallest absolute Gasteiger partial charge is 0.135 e. The number of hydrogen-bond acceptors (Lipinski definition) is 1. The number of benzene rings is 9. The Balaban J connectivity index is 1.34. The van der Waals surface area contributed by atoms with Crippen LogP contribution in [0.1, 0.15) is 0 Å². The minimum atomic E-state index is 0.896. The summed E-state index contributed by atoms with van der Waals surface area (Å²) in [6.07, 6.45) is 0. The van der Waals surface area contributed by atoms with Gasteiger partial charge in [0.05, 0.1) is 0 Å². The highest BCUT2D eigenvalue weighted by Gasteiger charge is 2.23. The molecule has 9 aromatic carbocycles. The first kappa shape index (κ1) is 26.1. The van der Waals surface area contributed by atoms with Gasteiger partial charge in [-0.1, -0.05) is 152 Å². The van der Waals surface area contributed by atoms with Crippen molar-refractivity contribution in [1.82, 2.24) is 0 Å². The molecule has 10 rings (SSSR count). The van der Waals surface area contributed by atoms with Gasteiger partial charge in [-0.05, 0) is 94.8 Å². The molecule has 0 aliphatic carbocycles. The fraction of sp³-hybridized carbons (Fsp3) is 0. The summed E-state index contributed by atoms with van der Waals surface area (Å²) in [5.41, 5.74) is 9.74. The van der Waals surface area contributed by atoms with Crippen molar-refractivity contribution in [3.63, 3.8) is 0 Å². The quantitative estimate of drug-likeness (QED) is 0.146. The fourth-order valence-corrected chi connectivity index (χ4v) is 7.84. The van der Waals surface area contributed by atoms with E-state index < -0.39 is 0 Å². The van der Waals surface area contributed by atoms with Crippen LogP contribution in [0.3, 0.4) is 0 Å². The highest BCUT2D eigenvalue weighted by atomic mass is 16.5. The normalized spacial score (nSPS) is 12.0. The molecule has 0 bridgehead atoms. The van der Waals surface area contributed by atoms with Crippen molar-refractivity contribution in [2.24, 2.45) is 0 Å². The first-order chi connectivity index (χ1) is 23.3. The van der Waals surface area contributed by atoms with E-state index in [0.717, 1.165) is 17.1 Å². The summed E-state index contributed by atoms with van der Waals surface area (Å²) < 4.78 is 6.51. The second kappa shape index (κ2) is 10.2. The predicted molar refractivity (Wildman–Crippen MR) is 198 cm³/mol. The van der Waals surface area contributed by atoms with Crippen molar-refractivity contribution in [2.45, 2.75) is 0 Å². The van der Waals surface area contributed by atoms with E-state index in [9.17, 15) is 0 Å². The molecule has 0 unspecified atom stereocenters. The third kappa shape index (κ3) is 3.90. The maximum Gasteiger partial charge on any atom is 0.135 e. The molecule has 218 valence electrons. The average molecular weight is 597 g/mol. The van der Waals surface area contributed by atoms with Crippen molar-refractivity contribution < 1.29 is 4.74 Å². The lowest BCUT2D eigenvalue weighted by atomic mass is 9.82. The zero-order valence-electron chi connectivity index (χ0n) is 25.6. The molecule has 0 N–H and O–H groups in total. The largest absolute Gasteiger partial charge is 0.456 e. The Morgan fingerprint density at radius 2 is 0.936 bits per heavy atom. The number of hydrogen-bond donors (Lipinski definition) is 0. The van der Waals surface area contributed by atoms with Gasteiger partial charge in [0.25, 0.3) is 0 Å². The summed E-state index contributed by atoms with van der Waals surface area (Å²) in [4.78, 5) is 0. The van der Waals surface area contributed by atoms with Gasteiger partial charge in [0.1, 0.15) is 11.5 Å². The van der Waals surface area contributed by atoms with Gasteiger partial charge in [0, 0.05) is 10.9 Å². The number of ether oxygens (including phenoxy) is 1. The zero-order valence-corrected chi connectivity index (χ0v) is 25.6. The SMILES string of the molecule is c1ccc(-c2cccc3c2ccc2c(-c4ccc5c(c4)-c4cccc6cccc(c46)O5)c4ccccc4c(-c4ccccc4)c23)cc1. The van der Waals surface area contributed by atoms with Gasteiger partial charge in [0.15, 0.2) is 0 Å². The van der Waals surface area contributed by atoms with Gasteiger partial charge in [-0.3, -0.25) is 0 Å². The molecule has 0 saturated heterocycles. The van der Waals surface area contributed by atoms with E-state index in [1.807, 2.05) is 0 Å². The number of rotatable bonds is 3. The van der Waals surface area contributed by atoms with E-state index >= 15 is 0 Å². The molecule has 47 heavy (non-hydrogen) atoms. The molecular weight excluding hydrogens is 569 g/mol. The first-order valence-corrected chi connectivity index (χ1v) is 16.2. The zero-order chi connectivity index (χ0) is 30.9. The number of fused-ring (bicyclic) bond motifs is 6. The maximum atomic E-state index is 6.51. The van der Waals surface area contributed by atoms with Crippen LogP contribution >= 0.6 is 0 Å². The van der Waals surface area contributed by atoms with Crippen LogP contribution in [0.25, 0.3) is 87.6 Å². The minimum absolute atomic E-state index is 0.896. The van der Waals surface area contributed by atoms with E-state index in [4.69, 9.17) is 4.74 Å². The van der Waals surface area contributed by atoms with Gasteiger partial charge in [0.2, 0.25) is 0 Å². The summed E-state index contributed by atoms with van der Waals surface area (Å²) in [5, 5.41) is 9.90. The van der Waals surface area contributed by atoms with Gasteiger partial charge >= 0.3 is 0 Å². The van der Waals surface area contributed by atoms with Crippen molar-refractivity contribution in [3.8, 4) is 56.0 Å². The van der Waals surface area contributed by atoms with Crippen LogP contribution in [-0.2, 0) is 0 Å². The van der Waals surface area contributed by atoms with Gasteiger partial charge in [-0.25, -0.2) is 0 Å². The molecule has 1 heteroatoms. The van der Waals surface area contributed by atoms with Gasteiger partial charge < -0.3 is 4.74 Å². The molecule has 1 heterocycles. The van der Waals surface area contributed by atoms with Crippen molar-refractivity contribution in [1.29, 1.82) is 0 Å². The van der Waals surface area contributed by atoms with E-state index in [-0.39, 0.29) is 0 Å². The molecule has 1 aliphatic heterocycles. The summed E-state index contributed by atoms with van der Waals surface area (Å²) in [6, 6.07) is 61.5. The van der Waals surface area contributed by atoms with Gasteiger partial charge in [-0.15, -0.1) is 0 Å². The van der Waals surface area contributed by atoms with Crippen molar-refractivity contribution in [3.05, 3.63) is 170 Å². The highest BCUT2D eigenvalue weighted by molar-refractivity contribution is 6.29. The van der Waals surface area contributed by atoms with Gasteiger partial charge in [-0.2, -0.15) is 0 Å². The Morgan fingerprint density at radius 1 is 0.298 bits per heavy atom. The molecule has 9 aromatic rings. The highest BCUT2D eigenvalue weighted by Crippen LogP contribution is 2.51. The van der Waals surface area contributed by atoms with Crippen LogP contribution in [0.5, 0.6) is 11.5 Å². The molecule has 0 aromatic heterocycles. The molecule has 0 spiro atoms. The topological polar surface area (TPSA) is 9.23 Å². The third-order valence-electron chi connectivity index (χ3n) is 9.84. The van der Waals surface area contributed by atoms with Crippen LogP contribution in [0.2, 0.25) is 0 Å². The molecule has 0 saturated carbocycles. The lowest BCUT2D eigenvalue weighted by molar-refractivity contribution is 0.487. The second-order valence-corrected chi connectivity index (χ2v) is 12.4. The summed E-state index contributed by atoms with van der Waals surface area (Å²) >= 11 is 0. The maximum absolute atomic E-state index is 6.51. The lowest BCUT2D eigenvalue weighted by Gasteiger charge is -2.23. The molecule has 1 nitrogen and oxygen atoms in total. The Bertz CT molecular complexity index is 2680. The van der Waals surface area contributed by atoms with Crippen molar-refractivity contribution >= 4 is 43.1 Å². The lowest BCUT2D eigenvalue weighted by Crippen LogP contribution is -1.98. The summed E-state index contributed by atoms with van der Waals surface area (Å²) in [7, 11) is 0. The summed E-state index contributed by atoms with van der Waals surface area (Å²) in [5.74, 6) is 1.81. The minimum Gasteiger partial charge on any atom is -0.456 e. The molecule has 0 amide bonds. The first-order valence-electron chi connectivity index (χ1n) is 16.2. The Kier molecular flexibility index (Phi) is 5.64. The average Bonchev–Trinajstić information content (AvgIpc) is 3.14. The second-order valence-electron chi connectivity index (χ2n) is 12.4. The molecular formula is C46H28O. The molecule has 0 atom stereocenters. The molecule has 1 aliphatic rings. The fourth-order valence-electron chi connectivity index (χ4n) is 7.84. The predicted octanol–water partition coefficient (Wildman–Crippen LogP) is 13.1. The van der Waals surface area contributed by atoms with Crippen LogP contribution in [0.15, 0.2) is 170 Å². The molecule has 0 fully saturated rings. The molecule has 0 radical (unpaired) electrons.